The molecule has 1 aromatic heterocycles. The molecule has 1 unspecified atom stereocenters. The number of rotatable bonds is 11. The number of urea groups is 1. The first-order valence-electron chi connectivity index (χ1n) is 9.48. The summed E-state index contributed by atoms with van der Waals surface area (Å²) >= 11 is 1.69. The average molecular weight is 406 g/mol. The maximum absolute atomic E-state index is 12.3. The summed E-state index contributed by atoms with van der Waals surface area (Å²) in [4.78, 5) is 15.6. The number of hydrogen-bond donors (Lipinski definition) is 2. The van der Waals surface area contributed by atoms with Crippen molar-refractivity contribution in [3.63, 3.8) is 0 Å². The van der Waals surface area contributed by atoms with Crippen LogP contribution in [0.5, 0.6) is 0 Å². The first-order valence-corrected chi connectivity index (χ1v) is 10.4. The molecule has 0 bridgehead atoms. The van der Waals surface area contributed by atoms with Crippen molar-refractivity contribution < 1.29 is 14.3 Å². The van der Waals surface area contributed by atoms with Crippen LogP contribution in [0.25, 0.3) is 0 Å². The van der Waals surface area contributed by atoms with Crippen LogP contribution in [-0.4, -0.2) is 50.9 Å². The molecular weight excluding hydrogens is 374 g/mol. The van der Waals surface area contributed by atoms with E-state index in [1.54, 1.807) is 11.3 Å². The molecule has 154 valence electrons. The lowest BCUT2D eigenvalue weighted by Crippen LogP contribution is -2.36. The van der Waals surface area contributed by atoms with Crippen LogP contribution in [0.2, 0.25) is 0 Å². The number of amides is 2. The van der Waals surface area contributed by atoms with E-state index < -0.39 is 0 Å². The van der Waals surface area contributed by atoms with Crippen molar-refractivity contribution in [2.45, 2.75) is 32.6 Å². The zero-order valence-electron chi connectivity index (χ0n) is 17.1. The first-order chi connectivity index (χ1) is 13.5. The van der Waals surface area contributed by atoms with Gasteiger partial charge in [-0.2, -0.15) is 0 Å². The lowest BCUT2D eigenvalue weighted by Gasteiger charge is -2.23. The van der Waals surface area contributed by atoms with Gasteiger partial charge in [-0.05, 0) is 57.1 Å². The smallest absolute Gasteiger partial charge is 0.319 e. The van der Waals surface area contributed by atoms with E-state index in [-0.39, 0.29) is 18.2 Å². The molecule has 0 saturated carbocycles. The third-order valence-corrected chi connectivity index (χ3v) is 5.06. The highest BCUT2D eigenvalue weighted by Gasteiger charge is 2.16. The minimum atomic E-state index is -0.216. The normalized spacial score (nSPS) is 12.4. The number of anilines is 1. The zero-order chi connectivity index (χ0) is 20.4. The summed E-state index contributed by atoms with van der Waals surface area (Å²) in [6, 6.07) is 11.7. The predicted octanol–water partition coefficient (Wildman–Crippen LogP) is 4.11. The van der Waals surface area contributed by atoms with E-state index in [1.165, 1.54) is 4.88 Å². The number of carbonyl (C=O) groups is 1. The third kappa shape index (κ3) is 7.98. The van der Waals surface area contributed by atoms with E-state index >= 15 is 0 Å². The second-order valence-corrected chi connectivity index (χ2v) is 7.98. The van der Waals surface area contributed by atoms with Gasteiger partial charge in [0.05, 0.1) is 32.0 Å². The number of ether oxygens (including phenoxy) is 2. The highest BCUT2D eigenvalue weighted by Crippen LogP contribution is 2.22. The van der Waals surface area contributed by atoms with Gasteiger partial charge in [-0.1, -0.05) is 18.2 Å². The van der Waals surface area contributed by atoms with Crippen LogP contribution in [0.4, 0.5) is 10.5 Å². The summed E-state index contributed by atoms with van der Waals surface area (Å²) in [6.45, 7) is 6.15. The summed E-state index contributed by atoms with van der Waals surface area (Å²) in [7, 11) is 4.03. The fourth-order valence-electron chi connectivity index (χ4n) is 2.65. The van der Waals surface area contributed by atoms with E-state index in [1.807, 2.05) is 58.3 Å². The van der Waals surface area contributed by atoms with E-state index in [9.17, 15) is 4.79 Å². The van der Waals surface area contributed by atoms with Gasteiger partial charge in [-0.25, -0.2) is 4.79 Å². The van der Waals surface area contributed by atoms with Crippen LogP contribution in [0, 0.1) is 0 Å². The van der Waals surface area contributed by atoms with Crippen molar-refractivity contribution in [2.75, 3.05) is 39.2 Å². The van der Waals surface area contributed by atoms with Gasteiger partial charge in [-0.15, -0.1) is 11.3 Å². The molecule has 1 heterocycles. The molecule has 0 fully saturated rings. The minimum absolute atomic E-state index is 0.151. The molecule has 2 amide bonds. The number of nitrogens with zero attached hydrogens (tertiary/aromatic N) is 1. The van der Waals surface area contributed by atoms with Gasteiger partial charge < -0.3 is 25.0 Å². The SMILES string of the molecule is CC(C)OCCOCc1cccc(NC(=O)NCC(c2cccs2)N(C)C)c1. The van der Waals surface area contributed by atoms with Crippen molar-refractivity contribution in [2.24, 2.45) is 0 Å². The predicted molar refractivity (Wildman–Crippen MR) is 115 cm³/mol. The molecule has 0 radical (unpaired) electrons. The summed E-state index contributed by atoms with van der Waals surface area (Å²) in [6.07, 6.45) is 0.210. The number of nitrogens with one attached hydrogen (secondary N) is 2. The van der Waals surface area contributed by atoms with Gasteiger partial charge in [0, 0.05) is 17.1 Å². The molecule has 2 aromatic rings. The number of benzene rings is 1. The maximum atomic E-state index is 12.3. The number of carbonyl (C=O) groups excluding carboxylic acids is 1. The van der Waals surface area contributed by atoms with E-state index in [0.717, 1.165) is 11.3 Å². The lowest BCUT2D eigenvalue weighted by atomic mass is 10.2. The van der Waals surface area contributed by atoms with Crippen LogP contribution in [0.1, 0.15) is 30.3 Å². The molecule has 0 aliphatic rings. The highest BCUT2D eigenvalue weighted by molar-refractivity contribution is 7.10. The molecule has 0 aliphatic heterocycles. The molecule has 6 nitrogen and oxygen atoms in total. The number of likely N-dealkylation sites (N-methyl/N-ethyl adjacent to an activating group) is 1. The van der Waals surface area contributed by atoms with E-state index in [0.29, 0.717) is 26.4 Å². The average Bonchev–Trinajstić information content (AvgIpc) is 3.15. The molecule has 2 rings (SSSR count). The Kier molecular flexibility index (Phi) is 9.43. The largest absolute Gasteiger partial charge is 0.376 e. The van der Waals surface area contributed by atoms with Crippen LogP contribution in [0.15, 0.2) is 41.8 Å². The van der Waals surface area contributed by atoms with Crippen molar-refractivity contribution in [1.29, 1.82) is 0 Å². The van der Waals surface area contributed by atoms with Crippen LogP contribution in [0.3, 0.4) is 0 Å². The summed E-state index contributed by atoms with van der Waals surface area (Å²) in [5.41, 5.74) is 1.75. The Bertz CT molecular complexity index is 705. The van der Waals surface area contributed by atoms with Crippen molar-refractivity contribution in [1.82, 2.24) is 10.2 Å². The molecule has 28 heavy (non-hydrogen) atoms. The zero-order valence-corrected chi connectivity index (χ0v) is 17.9. The summed E-state index contributed by atoms with van der Waals surface area (Å²) in [5.74, 6) is 0. The Hall–Kier alpha value is -1.93. The Morgan fingerprint density at radius 1 is 1.18 bits per heavy atom. The number of hydrogen-bond acceptors (Lipinski definition) is 5. The van der Waals surface area contributed by atoms with Crippen molar-refractivity contribution in [3.05, 3.63) is 52.2 Å². The van der Waals surface area contributed by atoms with Crippen LogP contribution < -0.4 is 10.6 Å². The fraction of sp³-hybridized carbons (Fsp3) is 0.476. The molecule has 7 heteroatoms. The lowest BCUT2D eigenvalue weighted by molar-refractivity contribution is 0.0143. The van der Waals surface area contributed by atoms with Gasteiger partial charge >= 0.3 is 6.03 Å². The molecule has 1 atom stereocenters. The fourth-order valence-corrected chi connectivity index (χ4v) is 3.58. The van der Waals surface area contributed by atoms with Gasteiger partial charge in [0.15, 0.2) is 0 Å². The Morgan fingerprint density at radius 2 is 2.00 bits per heavy atom. The second kappa shape index (κ2) is 11.8. The molecular formula is C21H31N3O3S. The van der Waals surface area contributed by atoms with E-state index in [2.05, 4.69) is 27.0 Å². The van der Waals surface area contributed by atoms with Gasteiger partial charge in [0.2, 0.25) is 0 Å². The Balaban J connectivity index is 1.78. The number of thiophene rings is 1. The Labute approximate surface area is 171 Å². The summed E-state index contributed by atoms with van der Waals surface area (Å²) < 4.78 is 11.1. The third-order valence-electron chi connectivity index (χ3n) is 4.08. The molecule has 1 aromatic carbocycles. The van der Waals surface area contributed by atoms with Gasteiger partial charge in [-0.3, -0.25) is 0 Å². The topological polar surface area (TPSA) is 62.8 Å². The molecule has 0 saturated heterocycles. The molecule has 0 spiro atoms. The molecule has 0 aliphatic carbocycles. The minimum Gasteiger partial charge on any atom is -0.376 e. The van der Waals surface area contributed by atoms with Gasteiger partial charge in [0.1, 0.15) is 0 Å². The highest BCUT2D eigenvalue weighted by atomic mass is 32.1. The van der Waals surface area contributed by atoms with Crippen molar-refractivity contribution in [3.8, 4) is 0 Å². The van der Waals surface area contributed by atoms with E-state index in [4.69, 9.17) is 9.47 Å². The monoisotopic (exact) mass is 405 g/mol. The van der Waals surface area contributed by atoms with Crippen LogP contribution in [-0.2, 0) is 16.1 Å². The second-order valence-electron chi connectivity index (χ2n) is 7.00. The standard InChI is InChI=1S/C21H31N3O3S/c1-16(2)27-11-10-26-15-17-7-5-8-18(13-17)23-21(25)22-14-19(24(3)4)20-9-6-12-28-20/h5-9,12-13,16,19H,10-11,14-15H2,1-4H3,(H2,22,23,25). The molecule has 2 N–H and O–H groups in total. The maximum Gasteiger partial charge on any atom is 0.319 e. The van der Waals surface area contributed by atoms with Gasteiger partial charge in [0.25, 0.3) is 0 Å². The summed E-state index contributed by atoms with van der Waals surface area (Å²) in [5, 5.41) is 7.90. The van der Waals surface area contributed by atoms with Crippen molar-refractivity contribution >= 4 is 23.1 Å². The van der Waals surface area contributed by atoms with Crippen LogP contribution >= 0.6 is 11.3 Å². The Morgan fingerprint density at radius 3 is 2.68 bits per heavy atom. The quantitative estimate of drug-likeness (QED) is 0.552. The first kappa shape index (κ1) is 22.4.